The van der Waals surface area contributed by atoms with E-state index >= 15 is 0 Å². The molecule has 0 aliphatic carbocycles. The fourth-order valence-corrected chi connectivity index (χ4v) is 3.29. The van der Waals surface area contributed by atoms with E-state index in [1.807, 2.05) is 19.9 Å². The molecule has 2 aliphatic rings. The fourth-order valence-electron chi connectivity index (χ4n) is 3.29. The lowest BCUT2D eigenvalue weighted by Crippen LogP contribution is -2.48. The Morgan fingerprint density at radius 3 is 2.47 bits per heavy atom. The lowest BCUT2D eigenvalue weighted by atomic mass is 9.99. The molecule has 3 heterocycles. The monoisotopic (exact) mass is 284 g/mol. The zero-order valence-electron chi connectivity index (χ0n) is 11.4. The third-order valence-electron chi connectivity index (χ3n) is 4.06. The lowest BCUT2D eigenvalue weighted by Gasteiger charge is -2.29. The van der Waals surface area contributed by atoms with Gasteiger partial charge < -0.3 is 15.1 Å². The van der Waals surface area contributed by atoms with Gasteiger partial charge in [-0.15, -0.1) is 12.4 Å². The number of piperidine rings is 1. The van der Waals surface area contributed by atoms with E-state index in [0.717, 1.165) is 24.2 Å². The van der Waals surface area contributed by atoms with Gasteiger partial charge in [-0.05, 0) is 45.6 Å². The van der Waals surface area contributed by atoms with Crippen LogP contribution in [0.1, 0.15) is 47.6 Å². The molecule has 5 heteroatoms. The summed E-state index contributed by atoms with van der Waals surface area (Å²) in [4.78, 5) is 12.2. The highest BCUT2D eigenvalue weighted by Crippen LogP contribution is 2.27. The molecule has 4 nitrogen and oxygen atoms in total. The number of aryl methyl sites for hydroxylation is 2. The Bertz CT molecular complexity index is 460. The zero-order valence-corrected chi connectivity index (χ0v) is 12.2. The van der Waals surface area contributed by atoms with Crippen molar-refractivity contribution < 1.29 is 9.21 Å². The number of fused-ring (bicyclic) bond motifs is 2. The first-order chi connectivity index (χ1) is 8.61. The summed E-state index contributed by atoms with van der Waals surface area (Å²) in [6, 6.07) is 3.38. The molecule has 2 bridgehead atoms. The van der Waals surface area contributed by atoms with Gasteiger partial charge in [-0.1, -0.05) is 0 Å². The second-order valence-corrected chi connectivity index (χ2v) is 5.65. The fraction of sp³-hybridized carbons (Fsp3) is 0.643. The summed E-state index contributed by atoms with van der Waals surface area (Å²) < 4.78 is 5.46. The lowest BCUT2D eigenvalue weighted by molar-refractivity contribution is 0.0893. The van der Waals surface area contributed by atoms with E-state index in [0.29, 0.717) is 23.9 Å². The van der Waals surface area contributed by atoms with E-state index in [4.69, 9.17) is 4.42 Å². The van der Waals surface area contributed by atoms with Gasteiger partial charge in [0, 0.05) is 23.7 Å². The van der Waals surface area contributed by atoms with Crippen molar-refractivity contribution in [1.82, 2.24) is 10.6 Å². The molecule has 0 spiro atoms. The average Bonchev–Trinajstić information content (AvgIpc) is 2.81. The molecule has 2 saturated heterocycles. The van der Waals surface area contributed by atoms with Crippen LogP contribution in [0.3, 0.4) is 0 Å². The normalized spacial score (nSPS) is 28.8. The van der Waals surface area contributed by atoms with Crippen LogP contribution in [0.2, 0.25) is 0 Å². The Labute approximate surface area is 119 Å². The van der Waals surface area contributed by atoms with Gasteiger partial charge in [0.2, 0.25) is 0 Å². The molecule has 2 fully saturated rings. The molecular weight excluding hydrogens is 264 g/mol. The van der Waals surface area contributed by atoms with Crippen LogP contribution in [0.5, 0.6) is 0 Å². The van der Waals surface area contributed by atoms with E-state index in [2.05, 4.69) is 10.6 Å². The van der Waals surface area contributed by atoms with Gasteiger partial charge in [0.05, 0.1) is 0 Å². The van der Waals surface area contributed by atoms with Gasteiger partial charge >= 0.3 is 0 Å². The molecule has 0 saturated carbocycles. The summed E-state index contributed by atoms with van der Waals surface area (Å²) in [5.41, 5.74) is 0.918. The molecular formula is C14H21ClN2O2. The van der Waals surface area contributed by atoms with Crippen LogP contribution in [0.15, 0.2) is 10.5 Å². The molecule has 2 unspecified atom stereocenters. The van der Waals surface area contributed by atoms with E-state index < -0.39 is 0 Å². The minimum Gasteiger partial charge on any atom is -0.456 e. The van der Waals surface area contributed by atoms with Crippen LogP contribution in [0.4, 0.5) is 0 Å². The van der Waals surface area contributed by atoms with Gasteiger partial charge in [-0.2, -0.15) is 0 Å². The van der Waals surface area contributed by atoms with E-state index in [9.17, 15) is 4.79 Å². The number of nitrogens with one attached hydrogen (secondary N) is 2. The Hall–Kier alpha value is -1.00. The van der Waals surface area contributed by atoms with Crippen molar-refractivity contribution in [3.8, 4) is 0 Å². The Kier molecular flexibility index (Phi) is 4.21. The third kappa shape index (κ3) is 2.95. The minimum absolute atomic E-state index is 0. The maximum absolute atomic E-state index is 12.2. The Balaban J connectivity index is 0.00000133. The predicted molar refractivity (Wildman–Crippen MR) is 75.9 cm³/mol. The smallest absolute Gasteiger partial charge is 0.287 e. The summed E-state index contributed by atoms with van der Waals surface area (Å²) >= 11 is 0. The number of amides is 1. The van der Waals surface area contributed by atoms with Crippen LogP contribution in [0.25, 0.3) is 0 Å². The van der Waals surface area contributed by atoms with Crippen LogP contribution in [0, 0.1) is 13.8 Å². The topological polar surface area (TPSA) is 54.3 Å². The molecule has 2 atom stereocenters. The zero-order chi connectivity index (χ0) is 12.7. The van der Waals surface area contributed by atoms with Crippen molar-refractivity contribution in [1.29, 1.82) is 0 Å². The van der Waals surface area contributed by atoms with Crippen molar-refractivity contribution >= 4 is 18.3 Å². The maximum Gasteiger partial charge on any atom is 0.287 e. The second-order valence-electron chi connectivity index (χ2n) is 5.65. The van der Waals surface area contributed by atoms with Crippen LogP contribution in [-0.4, -0.2) is 24.0 Å². The number of carbonyl (C=O) groups excluding carboxylic acids is 1. The first-order valence-electron chi connectivity index (χ1n) is 6.76. The highest BCUT2D eigenvalue weighted by atomic mass is 35.5. The quantitative estimate of drug-likeness (QED) is 0.876. The number of carbonyl (C=O) groups is 1. The maximum atomic E-state index is 12.2. The molecule has 0 radical (unpaired) electrons. The first-order valence-corrected chi connectivity index (χ1v) is 6.76. The molecule has 19 heavy (non-hydrogen) atoms. The minimum atomic E-state index is -0.0631. The first kappa shape index (κ1) is 14.4. The molecule has 2 aliphatic heterocycles. The number of hydrogen-bond donors (Lipinski definition) is 2. The molecule has 3 rings (SSSR count). The molecule has 106 valence electrons. The van der Waals surface area contributed by atoms with Crippen molar-refractivity contribution in [2.75, 3.05) is 0 Å². The predicted octanol–water partition coefficient (Wildman–Crippen LogP) is 2.33. The van der Waals surface area contributed by atoms with Crippen LogP contribution < -0.4 is 10.6 Å². The summed E-state index contributed by atoms with van der Waals surface area (Å²) in [7, 11) is 0. The Morgan fingerprint density at radius 1 is 1.32 bits per heavy atom. The molecule has 0 aromatic carbocycles. The van der Waals surface area contributed by atoms with E-state index in [-0.39, 0.29) is 18.3 Å². The SMILES string of the molecule is Cc1cc(C)c(C(=O)NC2CC3CCC(C2)N3)o1.Cl. The highest BCUT2D eigenvalue weighted by molar-refractivity contribution is 5.93. The van der Waals surface area contributed by atoms with E-state index in [1.54, 1.807) is 0 Å². The van der Waals surface area contributed by atoms with Gasteiger partial charge in [-0.3, -0.25) is 4.79 Å². The summed E-state index contributed by atoms with van der Waals surface area (Å²) in [6.45, 7) is 3.78. The Morgan fingerprint density at radius 2 is 1.95 bits per heavy atom. The van der Waals surface area contributed by atoms with Gasteiger partial charge in [0.25, 0.3) is 5.91 Å². The van der Waals surface area contributed by atoms with E-state index in [1.165, 1.54) is 12.8 Å². The van der Waals surface area contributed by atoms with Gasteiger partial charge in [0.15, 0.2) is 5.76 Å². The molecule has 2 N–H and O–H groups in total. The molecule has 1 amide bonds. The van der Waals surface area contributed by atoms with Crippen molar-refractivity contribution in [2.24, 2.45) is 0 Å². The van der Waals surface area contributed by atoms with Gasteiger partial charge in [0.1, 0.15) is 5.76 Å². The third-order valence-corrected chi connectivity index (χ3v) is 4.06. The summed E-state index contributed by atoms with van der Waals surface area (Å²) in [5, 5.41) is 6.69. The van der Waals surface area contributed by atoms with Crippen LogP contribution in [-0.2, 0) is 0 Å². The summed E-state index contributed by atoms with van der Waals surface area (Å²) in [6.07, 6.45) is 4.58. The number of halogens is 1. The highest BCUT2D eigenvalue weighted by Gasteiger charge is 2.34. The van der Waals surface area contributed by atoms with Crippen molar-refractivity contribution in [3.63, 3.8) is 0 Å². The van der Waals surface area contributed by atoms with Crippen LogP contribution >= 0.6 is 12.4 Å². The number of rotatable bonds is 2. The standard InChI is InChI=1S/C14H20N2O2.ClH/c1-8-5-9(2)18-13(8)14(17)16-12-6-10-3-4-11(7-12)15-10;/h5,10-12,15H,3-4,6-7H2,1-2H3,(H,16,17);1H. The number of hydrogen-bond acceptors (Lipinski definition) is 3. The molecule has 1 aromatic heterocycles. The largest absolute Gasteiger partial charge is 0.456 e. The summed E-state index contributed by atoms with van der Waals surface area (Å²) in [5.74, 6) is 1.20. The molecule has 1 aromatic rings. The van der Waals surface area contributed by atoms with Crippen molar-refractivity contribution in [2.45, 2.75) is 57.7 Å². The van der Waals surface area contributed by atoms with Crippen molar-refractivity contribution in [3.05, 3.63) is 23.2 Å². The van der Waals surface area contributed by atoms with Gasteiger partial charge in [-0.25, -0.2) is 0 Å². The number of furan rings is 1. The average molecular weight is 285 g/mol. The second kappa shape index (κ2) is 5.55.